The predicted molar refractivity (Wildman–Crippen MR) is 82.7 cm³/mol. The topological polar surface area (TPSA) is 98.7 Å². The van der Waals surface area contributed by atoms with Gasteiger partial charge in [-0.1, -0.05) is 19.1 Å². The predicted octanol–water partition coefficient (Wildman–Crippen LogP) is 1.44. The number of rotatable bonds is 7. The molecule has 0 aliphatic heterocycles. The Hall–Kier alpha value is -1.89. The van der Waals surface area contributed by atoms with Crippen LogP contribution in [0, 0.1) is 0 Å². The lowest BCUT2D eigenvalue weighted by Crippen LogP contribution is -2.48. The van der Waals surface area contributed by atoms with Gasteiger partial charge in [0.05, 0.1) is 0 Å². The van der Waals surface area contributed by atoms with E-state index in [0.29, 0.717) is 6.54 Å². The third-order valence-corrected chi connectivity index (χ3v) is 3.90. The largest absolute Gasteiger partial charge is 0.508 e. The van der Waals surface area contributed by atoms with Crippen LogP contribution in [0.2, 0.25) is 0 Å². The Labute approximate surface area is 127 Å². The lowest BCUT2D eigenvalue weighted by molar-refractivity contribution is -0.139. The van der Waals surface area contributed by atoms with Crippen molar-refractivity contribution in [2.24, 2.45) is 0 Å². The lowest BCUT2D eigenvalue weighted by Gasteiger charge is -2.16. The summed E-state index contributed by atoms with van der Waals surface area (Å²) in [6, 6.07) is 4.70. The number of aromatic hydroxyl groups is 1. The van der Waals surface area contributed by atoms with Crippen molar-refractivity contribution in [2.75, 3.05) is 12.8 Å². The number of phenols is 1. The second kappa shape index (κ2) is 8.41. The summed E-state index contributed by atoms with van der Waals surface area (Å²) < 4.78 is 0. The van der Waals surface area contributed by atoms with E-state index in [9.17, 15) is 14.7 Å². The average molecular weight is 312 g/mol. The maximum Gasteiger partial charge on any atom is 0.326 e. The van der Waals surface area contributed by atoms with Crippen molar-refractivity contribution in [3.8, 4) is 5.75 Å². The SMILES string of the molecule is CSC(C)CNC(=O)N[C@@H](Cc1ccc(O)cc1)C(=O)O. The molecule has 0 aromatic heterocycles. The van der Waals surface area contributed by atoms with Crippen LogP contribution in [0.4, 0.5) is 4.79 Å². The fraction of sp³-hybridized carbons (Fsp3) is 0.429. The van der Waals surface area contributed by atoms with Crippen molar-refractivity contribution in [1.82, 2.24) is 10.6 Å². The van der Waals surface area contributed by atoms with Crippen LogP contribution in [0.5, 0.6) is 5.75 Å². The van der Waals surface area contributed by atoms with Crippen molar-refractivity contribution in [2.45, 2.75) is 24.6 Å². The second-order valence-electron chi connectivity index (χ2n) is 4.66. The maximum absolute atomic E-state index is 11.7. The number of benzene rings is 1. The summed E-state index contributed by atoms with van der Waals surface area (Å²) in [5.74, 6) is -0.987. The minimum absolute atomic E-state index is 0.113. The van der Waals surface area contributed by atoms with Crippen molar-refractivity contribution in [3.05, 3.63) is 29.8 Å². The second-order valence-corrected chi connectivity index (χ2v) is 5.94. The Kier molecular flexibility index (Phi) is 6.87. The van der Waals surface area contributed by atoms with Crippen molar-refractivity contribution >= 4 is 23.8 Å². The van der Waals surface area contributed by atoms with Gasteiger partial charge in [0.2, 0.25) is 0 Å². The van der Waals surface area contributed by atoms with Gasteiger partial charge in [0.15, 0.2) is 0 Å². The van der Waals surface area contributed by atoms with Gasteiger partial charge in [-0.3, -0.25) is 0 Å². The van der Waals surface area contributed by atoms with Crippen LogP contribution < -0.4 is 10.6 Å². The zero-order valence-corrected chi connectivity index (χ0v) is 12.8. The van der Waals surface area contributed by atoms with E-state index >= 15 is 0 Å². The number of carbonyl (C=O) groups excluding carboxylic acids is 1. The molecular weight excluding hydrogens is 292 g/mol. The van der Waals surface area contributed by atoms with Crippen molar-refractivity contribution in [1.29, 1.82) is 0 Å². The zero-order valence-electron chi connectivity index (χ0n) is 12.0. The molecule has 1 unspecified atom stereocenters. The number of aliphatic carboxylic acids is 1. The molecule has 0 aliphatic rings. The normalized spacial score (nSPS) is 13.2. The lowest BCUT2D eigenvalue weighted by atomic mass is 10.1. The number of nitrogens with one attached hydrogen (secondary N) is 2. The Balaban J connectivity index is 2.55. The molecule has 0 heterocycles. The Bertz CT molecular complexity index is 478. The monoisotopic (exact) mass is 312 g/mol. The van der Waals surface area contributed by atoms with E-state index in [4.69, 9.17) is 5.11 Å². The van der Waals surface area contributed by atoms with Gasteiger partial charge in [-0.05, 0) is 24.0 Å². The first-order chi connectivity index (χ1) is 9.92. The molecule has 1 rings (SSSR count). The molecule has 4 N–H and O–H groups in total. The maximum atomic E-state index is 11.7. The molecule has 0 radical (unpaired) electrons. The molecule has 0 saturated carbocycles. The number of carboxylic acids is 1. The van der Waals surface area contributed by atoms with Crippen LogP contribution >= 0.6 is 11.8 Å². The molecule has 21 heavy (non-hydrogen) atoms. The Morgan fingerprint density at radius 1 is 1.29 bits per heavy atom. The summed E-state index contributed by atoms with van der Waals surface area (Å²) in [6.07, 6.45) is 2.09. The number of hydrogen-bond acceptors (Lipinski definition) is 4. The van der Waals surface area contributed by atoms with Crippen molar-refractivity contribution in [3.63, 3.8) is 0 Å². The molecular formula is C14H20N2O4S. The summed E-state index contributed by atoms with van der Waals surface area (Å²) in [5, 5.41) is 23.7. The van der Waals surface area contributed by atoms with Crippen LogP contribution in [0.25, 0.3) is 0 Å². The highest BCUT2D eigenvalue weighted by atomic mass is 32.2. The van der Waals surface area contributed by atoms with Gasteiger partial charge in [0.1, 0.15) is 11.8 Å². The number of hydrogen-bond donors (Lipinski definition) is 4. The molecule has 2 amide bonds. The molecule has 0 fully saturated rings. The number of urea groups is 1. The Morgan fingerprint density at radius 3 is 2.43 bits per heavy atom. The molecule has 2 atom stereocenters. The number of thioether (sulfide) groups is 1. The van der Waals surface area contributed by atoms with Gasteiger partial charge < -0.3 is 20.8 Å². The van der Waals surface area contributed by atoms with Crippen LogP contribution in [0.1, 0.15) is 12.5 Å². The number of phenolic OH excluding ortho intramolecular Hbond substituents is 1. The van der Waals surface area contributed by atoms with E-state index in [-0.39, 0.29) is 17.4 Å². The van der Waals surface area contributed by atoms with E-state index in [2.05, 4.69) is 10.6 Å². The van der Waals surface area contributed by atoms with Crippen LogP contribution in [-0.2, 0) is 11.2 Å². The summed E-state index contributed by atoms with van der Waals surface area (Å²) >= 11 is 1.61. The van der Waals surface area contributed by atoms with Crippen LogP contribution in [0.3, 0.4) is 0 Å². The highest BCUT2D eigenvalue weighted by Crippen LogP contribution is 2.11. The van der Waals surface area contributed by atoms with Gasteiger partial charge in [-0.15, -0.1) is 0 Å². The first-order valence-corrected chi connectivity index (χ1v) is 7.79. The summed E-state index contributed by atoms with van der Waals surface area (Å²) in [7, 11) is 0. The van der Waals surface area contributed by atoms with E-state index < -0.39 is 18.0 Å². The zero-order chi connectivity index (χ0) is 15.8. The van der Waals surface area contributed by atoms with Crippen LogP contribution in [-0.4, -0.2) is 46.3 Å². The molecule has 0 bridgehead atoms. The summed E-state index contributed by atoms with van der Waals surface area (Å²) in [4.78, 5) is 22.9. The molecule has 7 heteroatoms. The summed E-state index contributed by atoms with van der Waals surface area (Å²) in [5.41, 5.74) is 0.720. The van der Waals surface area contributed by atoms with Gasteiger partial charge in [-0.25, -0.2) is 9.59 Å². The smallest absolute Gasteiger partial charge is 0.326 e. The van der Waals surface area contributed by atoms with Crippen molar-refractivity contribution < 1.29 is 19.8 Å². The fourth-order valence-corrected chi connectivity index (χ4v) is 1.85. The molecule has 0 aliphatic carbocycles. The minimum atomic E-state index is -1.10. The van der Waals surface area contributed by atoms with Gasteiger partial charge in [-0.2, -0.15) is 11.8 Å². The summed E-state index contributed by atoms with van der Waals surface area (Å²) in [6.45, 7) is 2.44. The van der Waals surface area contributed by atoms with Gasteiger partial charge in [0.25, 0.3) is 0 Å². The highest BCUT2D eigenvalue weighted by Gasteiger charge is 2.20. The Morgan fingerprint density at radius 2 is 1.90 bits per heavy atom. The quantitative estimate of drug-likeness (QED) is 0.610. The molecule has 116 valence electrons. The van der Waals surface area contributed by atoms with Gasteiger partial charge >= 0.3 is 12.0 Å². The number of carboxylic acid groups (broad SMARTS) is 1. The number of amides is 2. The average Bonchev–Trinajstić information content (AvgIpc) is 2.46. The molecule has 1 aromatic carbocycles. The first-order valence-electron chi connectivity index (χ1n) is 6.50. The highest BCUT2D eigenvalue weighted by molar-refractivity contribution is 7.99. The van der Waals surface area contributed by atoms with Gasteiger partial charge in [0, 0.05) is 18.2 Å². The van der Waals surface area contributed by atoms with E-state index in [1.807, 2.05) is 13.2 Å². The number of carbonyl (C=O) groups is 2. The van der Waals surface area contributed by atoms with Crippen LogP contribution in [0.15, 0.2) is 24.3 Å². The van der Waals surface area contributed by atoms with E-state index in [0.717, 1.165) is 5.56 Å². The molecule has 0 saturated heterocycles. The molecule has 0 spiro atoms. The van der Waals surface area contributed by atoms with E-state index in [1.165, 1.54) is 12.1 Å². The standard InChI is InChI=1S/C14H20N2O4S/c1-9(21-2)8-15-14(20)16-12(13(18)19)7-10-3-5-11(17)6-4-10/h3-6,9,12,17H,7-8H2,1-2H3,(H,18,19)(H2,15,16,20)/t9?,12-/m0/s1. The molecule has 1 aromatic rings. The first kappa shape index (κ1) is 17.2. The third kappa shape index (κ3) is 6.40. The minimum Gasteiger partial charge on any atom is -0.508 e. The van der Waals surface area contributed by atoms with E-state index in [1.54, 1.807) is 23.9 Å². The molecule has 6 nitrogen and oxygen atoms in total. The third-order valence-electron chi connectivity index (χ3n) is 2.93. The fourth-order valence-electron chi connectivity index (χ4n) is 1.60.